The van der Waals surface area contributed by atoms with Gasteiger partial charge in [-0.3, -0.25) is 0 Å². The summed E-state index contributed by atoms with van der Waals surface area (Å²) in [5.41, 5.74) is 0.268. The third-order valence-corrected chi connectivity index (χ3v) is 2.46. The zero-order valence-electron chi connectivity index (χ0n) is 6.97. The average Bonchev–Trinajstić information content (AvgIpc) is 2.58. The molecule has 1 aromatic carbocycles. The molecule has 0 amide bonds. The predicted octanol–water partition coefficient (Wildman–Crippen LogP) is 3.43. The second-order valence-electron chi connectivity index (χ2n) is 2.62. The lowest BCUT2D eigenvalue weighted by molar-refractivity contribution is 0.420. The van der Waals surface area contributed by atoms with Crippen molar-refractivity contribution in [2.45, 2.75) is 0 Å². The number of nitrogens with zero attached hydrogens (tertiary/aromatic N) is 2. The molecule has 1 heterocycles. The molecular formula is C8H2BrClF2N2O. The maximum atomic E-state index is 12.9. The van der Waals surface area contributed by atoms with Gasteiger partial charge < -0.3 is 4.52 Å². The van der Waals surface area contributed by atoms with Gasteiger partial charge in [0, 0.05) is 10.0 Å². The molecule has 15 heavy (non-hydrogen) atoms. The van der Waals surface area contributed by atoms with Gasteiger partial charge in [-0.25, -0.2) is 8.78 Å². The molecule has 0 aliphatic carbocycles. The first-order valence-electron chi connectivity index (χ1n) is 3.72. The normalized spacial score (nSPS) is 10.7. The van der Waals surface area contributed by atoms with E-state index in [0.29, 0.717) is 4.47 Å². The molecule has 0 saturated carbocycles. The molecule has 0 saturated heterocycles. The van der Waals surface area contributed by atoms with Crippen molar-refractivity contribution in [2.24, 2.45) is 0 Å². The highest BCUT2D eigenvalue weighted by Crippen LogP contribution is 2.28. The van der Waals surface area contributed by atoms with Crippen LogP contribution in [0.2, 0.25) is 5.35 Å². The molecule has 0 N–H and O–H groups in total. The van der Waals surface area contributed by atoms with Crippen LogP contribution in [0.4, 0.5) is 8.78 Å². The van der Waals surface area contributed by atoms with Crippen molar-refractivity contribution in [1.29, 1.82) is 0 Å². The standard InChI is InChI=1S/C8H2BrClF2N2O/c9-4-2-6(12)5(11)1-3(4)7-13-8(10)15-14-7/h1-2H. The highest BCUT2D eigenvalue weighted by Gasteiger charge is 2.14. The fourth-order valence-electron chi connectivity index (χ4n) is 1.01. The van der Waals surface area contributed by atoms with E-state index in [-0.39, 0.29) is 16.7 Å². The Hall–Kier alpha value is -1.01. The lowest BCUT2D eigenvalue weighted by atomic mass is 10.2. The minimum Gasteiger partial charge on any atom is -0.321 e. The molecule has 0 fully saturated rings. The number of rotatable bonds is 1. The van der Waals surface area contributed by atoms with Gasteiger partial charge in [-0.1, -0.05) is 5.16 Å². The van der Waals surface area contributed by atoms with Gasteiger partial charge in [0.25, 0.3) is 0 Å². The Bertz CT molecular complexity index is 517. The van der Waals surface area contributed by atoms with E-state index in [1.165, 1.54) is 0 Å². The van der Waals surface area contributed by atoms with Crippen molar-refractivity contribution in [2.75, 3.05) is 0 Å². The maximum Gasteiger partial charge on any atom is 0.320 e. The number of hydrogen-bond donors (Lipinski definition) is 0. The molecule has 3 nitrogen and oxygen atoms in total. The second kappa shape index (κ2) is 3.86. The van der Waals surface area contributed by atoms with E-state index < -0.39 is 11.6 Å². The van der Waals surface area contributed by atoms with Gasteiger partial charge in [0.1, 0.15) is 0 Å². The van der Waals surface area contributed by atoms with E-state index in [2.05, 4.69) is 30.6 Å². The fourth-order valence-corrected chi connectivity index (χ4v) is 1.62. The summed E-state index contributed by atoms with van der Waals surface area (Å²) in [6, 6.07) is 1.94. The van der Waals surface area contributed by atoms with Crippen LogP contribution in [0.15, 0.2) is 21.1 Å². The molecule has 0 unspecified atom stereocenters. The summed E-state index contributed by atoms with van der Waals surface area (Å²) < 4.78 is 30.6. The Morgan fingerprint density at radius 1 is 1.27 bits per heavy atom. The Kier molecular flexibility index (Phi) is 2.70. The molecule has 7 heteroatoms. The lowest BCUT2D eigenvalue weighted by Crippen LogP contribution is -1.89. The van der Waals surface area contributed by atoms with Crippen LogP contribution in [0.3, 0.4) is 0 Å². The van der Waals surface area contributed by atoms with E-state index in [9.17, 15) is 8.78 Å². The molecule has 2 rings (SSSR count). The third kappa shape index (κ3) is 2.00. The van der Waals surface area contributed by atoms with Gasteiger partial charge in [-0.2, -0.15) is 4.98 Å². The van der Waals surface area contributed by atoms with E-state index in [1.807, 2.05) is 0 Å². The highest BCUT2D eigenvalue weighted by molar-refractivity contribution is 9.10. The van der Waals surface area contributed by atoms with Crippen molar-refractivity contribution < 1.29 is 13.3 Å². The van der Waals surface area contributed by atoms with Crippen LogP contribution in [0.1, 0.15) is 0 Å². The molecule has 0 aliphatic rings. The molecule has 0 bridgehead atoms. The highest BCUT2D eigenvalue weighted by atomic mass is 79.9. The van der Waals surface area contributed by atoms with Crippen LogP contribution in [-0.4, -0.2) is 10.1 Å². The molecule has 0 atom stereocenters. The predicted molar refractivity (Wildman–Crippen MR) is 52.4 cm³/mol. The number of halogens is 4. The molecular weight excluding hydrogens is 293 g/mol. The summed E-state index contributed by atoms with van der Waals surface area (Å²) in [7, 11) is 0. The maximum absolute atomic E-state index is 12.9. The van der Waals surface area contributed by atoms with Gasteiger partial charge in [0.15, 0.2) is 11.6 Å². The molecule has 2 aromatic rings. The first-order valence-corrected chi connectivity index (χ1v) is 4.89. The van der Waals surface area contributed by atoms with Crippen molar-refractivity contribution >= 4 is 27.5 Å². The van der Waals surface area contributed by atoms with Crippen molar-refractivity contribution in [3.05, 3.63) is 33.6 Å². The van der Waals surface area contributed by atoms with Gasteiger partial charge in [0.2, 0.25) is 5.82 Å². The first-order chi connectivity index (χ1) is 7.08. The summed E-state index contributed by atoms with van der Waals surface area (Å²) in [5, 5.41) is 3.32. The van der Waals surface area contributed by atoms with E-state index in [1.54, 1.807) is 0 Å². The smallest absolute Gasteiger partial charge is 0.320 e. The minimum absolute atomic E-state index is 0.0887. The van der Waals surface area contributed by atoms with E-state index >= 15 is 0 Å². The molecule has 0 radical (unpaired) electrons. The first kappa shape index (κ1) is 10.5. The number of benzene rings is 1. The van der Waals surface area contributed by atoms with Crippen LogP contribution in [0.25, 0.3) is 11.4 Å². The molecule has 78 valence electrons. The summed E-state index contributed by atoms with van der Waals surface area (Å²) in [4.78, 5) is 3.68. The SMILES string of the molecule is Fc1cc(Br)c(-c2noc(Cl)n2)cc1F. The monoisotopic (exact) mass is 294 g/mol. The lowest BCUT2D eigenvalue weighted by Gasteiger charge is -1.99. The number of hydrogen-bond acceptors (Lipinski definition) is 3. The second-order valence-corrected chi connectivity index (χ2v) is 3.79. The van der Waals surface area contributed by atoms with Crippen molar-refractivity contribution in [1.82, 2.24) is 10.1 Å². The quantitative estimate of drug-likeness (QED) is 0.757. The van der Waals surface area contributed by atoms with Crippen LogP contribution in [0.5, 0.6) is 0 Å². The van der Waals surface area contributed by atoms with Gasteiger partial charge in [0.05, 0.1) is 0 Å². The average molecular weight is 295 g/mol. The molecule has 0 aliphatic heterocycles. The summed E-state index contributed by atoms with van der Waals surface area (Å²) in [6.07, 6.45) is 0. The third-order valence-electron chi connectivity index (χ3n) is 1.65. The van der Waals surface area contributed by atoms with Gasteiger partial charge in [-0.15, -0.1) is 0 Å². The minimum atomic E-state index is -0.992. The van der Waals surface area contributed by atoms with Crippen LogP contribution in [-0.2, 0) is 0 Å². The largest absolute Gasteiger partial charge is 0.321 e. The fraction of sp³-hybridized carbons (Fsp3) is 0. The summed E-state index contributed by atoms with van der Waals surface area (Å²) in [5.74, 6) is -1.86. The van der Waals surface area contributed by atoms with Gasteiger partial charge in [-0.05, 0) is 39.7 Å². The summed E-state index contributed by atoms with van der Waals surface area (Å²) in [6.45, 7) is 0. The van der Waals surface area contributed by atoms with Crippen LogP contribution >= 0.6 is 27.5 Å². The Morgan fingerprint density at radius 3 is 2.53 bits per heavy atom. The molecule has 1 aromatic heterocycles. The Balaban J connectivity index is 2.58. The van der Waals surface area contributed by atoms with Crippen molar-refractivity contribution in [3.8, 4) is 11.4 Å². The van der Waals surface area contributed by atoms with E-state index in [0.717, 1.165) is 12.1 Å². The topological polar surface area (TPSA) is 38.9 Å². The van der Waals surface area contributed by atoms with E-state index in [4.69, 9.17) is 11.6 Å². The zero-order chi connectivity index (χ0) is 11.0. The Labute approximate surface area is 96.2 Å². The molecule has 0 spiro atoms. The van der Waals surface area contributed by atoms with Gasteiger partial charge >= 0.3 is 5.35 Å². The van der Waals surface area contributed by atoms with Crippen LogP contribution < -0.4 is 0 Å². The summed E-state index contributed by atoms with van der Waals surface area (Å²) >= 11 is 8.47. The number of aromatic nitrogens is 2. The Morgan fingerprint density at radius 2 is 1.93 bits per heavy atom. The zero-order valence-corrected chi connectivity index (χ0v) is 9.31. The van der Waals surface area contributed by atoms with Crippen molar-refractivity contribution in [3.63, 3.8) is 0 Å². The van der Waals surface area contributed by atoms with Crippen LogP contribution in [0, 0.1) is 11.6 Å².